The van der Waals surface area contributed by atoms with Gasteiger partial charge in [0.2, 0.25) is 5.16 Å². The van der Waals surface area contributed by atoms with E-state index in [2.05, 4.69) is 16.3 Å². The molecule has 108 valence electrons. The minimum Gasteiger partial charge on any atom is -0.335 e. The summed E-state index contributed by atoms with van der Waals surface area (Å²) >= 11 is 1.46. The summed E-state index contributed by atoms with van der Waals surface area (Å²) in [5.74, 6) is 7.32. The average molecular weight is 307 g/mol. The van der Waals surface area contributed by atoms with Gasteiger partial charge in [-0.1, -0.05) is 60.3 Å². The molecule has 0 unspecified atom stereocenters. The molecule has 0 aliphatic heterocycles. The molecule has 0 aliphatic rings. The summed E-state index contributed by atoms with van der Waals surface area (Å²) in [5, 5.41) is 18.0. The van der Waals surface area contributed by atoms with Crippen LogP contribution in [0.3, 0.4) is 0 Å². The lowest BCUT2D eigenvalue weighted by atomic mass is 10.1. The highest BCUT2D eigenvalue weighted by atomic mass is 32.2. The molecule has 0 radical (unpaired) electrons. The van der Waals surface area contributed by atoms with Crippen molar-refractivity contribution in [3.63, 3.8) is 0 Å². The van der Waals surface area contributed by atoms with Crippen LogP contribution in [0.2, 0.25) is 0 Å². The molecule has 6 heteroatoms. The highest BCUT2D eigenvalue weighted by Crippen LogP contribution is 2.25. The van der Waals surface area contributed by atoms with Gasteiger partial charge in [-0.25, -0.2) is 4.68 Å². The van der Waals surface area contributed by atoms with Crippen molar-refractivity contribution >= 4 is 11.8 Å². The molecule has 2 aromatic carbocycles. The predicted octanol–water partition coefficient (Wildman–Crippen LogP) is 2.82. The third kappa shape index (κ3) is 2.80. The first-order valence-corrected chi connectivity index (χ1v) is 7.65. The van der Waals surface area contributed by atoms with E-state index in [4.69, 9.17) is 11.1 Å². The molecular formula is C16H13N5S. The lowest BCUT2D eigenvalue weighted by Gasteiger charge is -2.04. The van der Waals surface area contributed by atoms with Crippen LogP contribution in [0.25, 0.3) is 11.4 Å². The Balaban J connectivity index is 1.80. The van der Waals surface area contributed by atoms with E-state index >= 15 is 0 Å². The molecule has 0 amide bonds. The van der Waals surface area contributed by atoms with E-state index in [0.29, 0.717) is 22.3 Å². The molecule has 2 N–H and O–H groups in total. The van der Waals surface area contributed by atoms with E-state index in [9.17, 15) is 0 Å². The summed E-state index contributed by atoms with van der Waals surface area (Å²) in [4.78, 5) is 0. The zero-order chi connectivity index (χ0) is 15.4. The highest BCUT2D eigenvalue weighted by Gasteiger charge is 2.12. The molecule has 0 atom stereocenters. The smallest absolute Gasteiger partial charge is 0.210 e. The Morgan fingerprint density at radius 2 is 1.77 bits per heavy atom. The normalized spacial score (nSPS) is 10.3. The minimum absolute atomic E-state index is 0.617. The molecule has 3 rings (SSSR count). The van der Waals surface area contributed by atoms with Crippen molar-refractivity contribution in [1.29, 1.82) is 5.26 Å². The topological polar surface area (TPSA) is 80.5 Å². The standard InChI is InChI=1S/C16H13N5S/c17-10-13-8-4-5-9-14(13)11-22-16-20-19-15(21(16)18)12-6-2-1-3-7-12/h1-9H,11,18H2. The van der Waals surface area contributed by atoms with E-state index in [-0.39, 0.29) is 0 Å². The van der Waals surface area contributed by atoms with Gasteiger partial charge in [-0.15, -0.1) is 10.2 Å². The largest absolute Gasteiger partial charge is 0.335 e. The molecule has 3 aromatic rings. The molecule has 0 spiro atoms. The Bertz CT molecular complexity index is 820. The number of hydrogen-bond donors (Lipinski definition) is 1. The fourth-order valence-corrected chi connectivity index (χ4v) is 2.92. The van der Waals surface area contributed by atoms with Gasteiger partial charge in [0.25, 0.3) is 0 Å². The van der Waals surface area contributed by atoms with Crippen LogP contribution in [0, 0.1) is 11.3 Å². The van der Waals surface area contributed by atoms with Crippen LogP contribution < -0.4 is 5.84 Å². The lowest BCUT2D eigenvalue weighted by molar-refractivity contribution is 0.849. The van der Waals surface area contributed by atoms with Gasteiger partial charge in [0.15, 0.2) is 5.82 Å². The third-order valence-electron chi connectivity index (χ3n) is 3.19. The number of aromatic nitrogens is 3. The van der Waals surface area contributed by atoms with Crippen LogP contribution in [0.4, 0.5) is 0 Å². The van der Waals surface area contributed by atoms with Crippen LogP contribution in [0.5, 0.6) is 0 Å². The van der Waals surface area contributed by atoms with Gasteiger partial charge in [0.05, 0.1) is 11.6 Å². The van der Waals surface area contributed by atoms with Gasteiger partial charge >= 0.3 is 0 Å². The van der Waals surface area contributed by atoms with Gasteiger partial charge < -0.3 is 5.84 Å². The number of hydrogen-bond acceptors (Lipinski definition) is 5. The van der Waals surface area contributed by atoms with E-state index in [1.807, 2.05) is 48.5 Å². The number of nitrogens with two attached hydrogens (primary N) is 1. The van der Waals surface area contributed by atoms with Gasteiger partial charge in [-0.05, 0) is 11.6 Å². The first-order valence-electron chi connectivity index (χ1n) is 6.66. The molecule has 1 heterocycles. The van der Waals surface area contributed by atoms with Crippen molar-refractivity contribution < 1.29 is 0 Å². The van der Waals surface area contributed by atoms with Crippen molar-refractivity contribution in [2.75, 3.05) is 5.84 Å². The predicted molar refractivity (Wildman–Crippen MR) is 86.3 cm³/mol. The molecular weight excluding hydrogens is 294 g/mol. The quantitative estimate of drug-likeness (QED) is 0.592. The molecule has 0 bridgehead atoms. The maximum absolute atomic E-state index is 9.11. The fourth-order valence-electron chi connectivity index (χ4n) is 2.06. The molecule has 22 heavy (non-hydrogen) atoms. The van der Waals surface area contributed by atoms with Crippen molar-refractivity contribution in [1.82, 2.24) is 14.9 Å². The summed E-state index contributed by atoms with van der Waals surface area (Å²) in [6, 6.07) is 19.4. The summed E-state index contributed by atoms with van der Waals surface area (Å²) < 4.78 is 1.48. The number of thioether (sulfide) groups is 1. The summed E-state index contributed by atoms with van der Waals surface area (Å²) in [5.41, 5.74) is 2.54. The zero-order valence-corrected chi connectivity index (χ0v) is 12.5. The number of rotatable bonds is 4. The zero-order valence-electron chi connectivity index (χ0n) is 11.7. The second kappa shape index (κ2) is 6.33. The van der Waals surface area contributed by atoms with Crippen LogP contribution in [-0.2, 0) is 5.75 Å². The molecule has 0 fully saturated rings. The Morgan fingerprint density at radius 1 is 1.05 bits per heavy atom. The molecule has 0 saturated carbocycles. The number of nitrogens with zero attached hydrogens (tertiary/aromatic N) is 4. The second-order valence-corrected chi connectivity index (χ2v) is 5.54. The Labute approximate surface area is 132 Å². The summed E-state index contributed by atoms with van der Waals surface area (Å²) in [6.07, 6.45) is 0. The van der Waals surface area contributed by atoms with E-state index in [0.717, 1.165) is 11.1 Å². The van der Waals surface area contributed by atoms with Crippen molar-refractivity contribution in [3.8, 4) is 17.5 Å². The van der Waals surface area contributed by atoms with E-state index in [1.165, 1.54) is 16.4 Å². The van der Waals surface area contributed by atoms with Gasteiger partial charge in [-0.3, -0.25) is 0 Å². The first kappa shape index (κ1) is 14.2. The third-order valence-corrected chi connectivity index (χ3v) is 4.18. The van der Waals surface area contributed by atoms with E-state index in [1.54, 1.807) is 6.07 Å². The summed E-state index contributed by atoms with van der Waals surface area (Å²) in [7, 11) is 0. The van der Waals surface area contributed by atoms with Crippen molar-refractivity contribution in [3.05, 3.63) is 65.7 Å². The Kier molecular flexibility index (Phi) is 4.08. The van der Waals surface area contributed by atoms with Crippen LogP contribution in [0.15, 0.2) is 59.8 Å². The molecule has 1 aromatic heterocycles. The number of nitriles is 1. The summed E-state index contributed by atoms with van der Waals surface area (Å²) in [6.45, 7) is 0. The number of benzene rings is 2. The van der Waals surface area contributed by atoms with Crippen LogP contribution >= 0.6 is 11.8 Å². The Morgan fingerprint density at radius 3 is 2.55 bits per heavy atom. The van der Waals surface area contributed by atoms with Gasteiger partial charge in [-0.2, -0.15) is 5.26 Å². The van der Waals surface area contributed by atoms with E-state index < -0.39 is 0 Å². The van der Waals surface area contributed by atoms with Gasteiger partial charge in [0, 0.05) is 11.3 Å². The maximum atomic E-state index is 9.11. The first-order chi connectivity index (χ1) is 10.8. The molecule has 5 nitrogen and oxygen atoms in total. The second-order valence-electron chi connectivity index (χ2n) is 4.60. The van der Waals surface area contributed by atoms with Crippen molar-refractivity contribution in [2.24, 2.45) is 0 Å². The average Bonchev–Trinajstić information content (AvgIpc) is 2.95. The fraction of sp³-hybridized carbons (Fsp3) is 0.0625. The lowest BCUT2D eigenvalue weighted by Crippen LogP contribution is -2.11. The molecule has 0 saturated heterocycles. The monoisotopic (exact) mass is 307 g/mol. The highest BCUT2D eigenvalue weighted by molar-refractivity contribution is 7.98. The Hall–Kier alpha value is -2.78. The van der Waals surface area contributed by atoms with Gasteiger partial charge in [0.1, 0.15) is 0 Å². The van der Waals surface area contributed by atoms with Crippen molar-refractivity contribution in [2.45, 2.75) is 10.9 Å². The van der Waals surface area contributed by atoms with Crippen LogP contribution in [0.1, 0.15) is 11.1 Å². The van der Waals surface area contributed by atoms with Crippen LogP contribution in [-0.4, -0.2) is 14.9 Å². The maximum Gasteiger partial charge on any atom is 0.210 e. The molecule has 0 aliphatic carbocycles. The minimum atomic E-state index is 0.617. The number of nitrogen functional groups attached to an aromatic ring is 1. The SMILES string of the molecule is N#Cc1ccccc1CSc1nnc(-c2ccccc2)n1N.